The molecule has 2 saturated heterocycles. The Morgan fingerprint density at radius 2 is 2.08 bits per heavy atom. The maximum Gasteiger partial charge on any atom is 0.318 e. The normalized spacial score (nSPS) is 22.6. The summed E-state index contributed by atoms with van der Waals surface area (Å²) in [5.41, 5.74) is 6.37. The van der Waals surface area contributed by atoms with Crippen LogP contribution in [0.1, 0.15) is 41.6 Å². The standard InChI is InChI=1S/C30H37N7O2S/c1-3-28(38)37-15-14-36(16-22(37)9-11-31)29-24-10-13-35(27-8-4-6-21-19-40-20-25(21)27)17-26(24)32-30(33-29)39-18-23-7-5-12-34(23)2/h3-4,6,8,22-23H,1,5,7,9-10,12-20H2,2H3/t22-,23-/m0/s1. The molecule has 2 atom stereocenters. The van der Waals surface area contributed by atoms with Gasteiger partial charge in [0.05, 0.1) is 30.8 Å². The summed E-state index contributed by atoms with van der Waals surface area (Å²) in [5.74, 6) is 2.90. The van der Waals surface area contributed by atoms with Crippen LogP contribution >= 0.6 is 11.8 Å². The number of anilines is 2. The van der Waals surface area contributed by atoms with Crippen LogP contribution in [-0.2, 0) is 29.3 Å². The SMILES string of the molecule is C=CC(=O)N1CCN(c2nc(OC[C@@H]3CCCN3C)nc3c2CCN(c2cccc4c2CSC4)C3)C[C@@H]1CC#N. The first-order valence-corrected chi connectivity index (χ1v) is 15.4. The summed E-state index contributed by atoms with van der Waals surface area (Å²) in [4.78, 5) is 31.3. The molecule has 0 radical (unpaired) electrons. The quantitative estimate of drug-likeness (QED) is 0.474. The number of thioether (sulfide) groups is 1. The van der Waals surface area contributed by atoms with Crippen LogP contribution in [0.25, 0.3) is 0 Å². The van der Waals surface area contributed by atoms with Gasteiger partial charge in [-0.15, -0.1) is 0 Å². The van der Waals surface area contributed by atoms with E-state index in [9.17, 15) is 10.1 Å². The molecule has 0 spiro atoms. The van der Waals surface area contributed by atoms with E-state index in [0.29, 0.717) is 44.8 Å². The van der Waals surface area contributed by atoms with Crippen LogP contribution in [0.2, 0.25) is 0 Å². The minimum Gasteiger partial charge on any atom is -0.462 e. The molecule has 2 fully saturated rings. The summed E-state index contributed by atoms with van der Waals surface area (Å²) in [6.45, 7) is 8.64. The van der Waals surface area contributed by atoms with Crippen molar-refractivity contribution in [3.05, 3.63) is 53.2 Å². The fraction of sp³-hybridized carbons (Fsp3) is 0.533. The largest absolute Gasteiger partial charge is 0.462 e. The highest BCUT2D eigenvalue weighted by molar-refractivity contribution is 7.98. The molecule has 5 heterocycles. The lowest BCUT2D eigenvalue weighted by Crippen LogP contribution is -2.55. The van der Waals surface area contributed by atoms with Gasteiger partial charge in [0.1, 0.15) is 12.4 Å². The highest BCUT2D eigenvalue weighted by atomic mass is 32.2. The Bertz CT molecular complexity index is 1330. The van der Waals surface area contributed by atoms with E-state index in [1.165, 1.54) is 29.3 Å². The molecule has 4 aliphatic heterocycles. The van der Waals surface area contributed by atoms with Gasteiger partial charge in [-0.3, -0.25) is 4.79 Å². The molecule has 0 N–H and O–H groups in total. The van der Waals surface area contributed by atoms with E-state index >= 15 is 0 Å². The van der Waals surface area contributed by atoms with Crippen LogP contribution in [-0.4, -0.2) is 84.1 Å². The summed E-state index contributed by atoms with van der Waals surface area (Å²) in [6.07, 6.45) is 4.75. The van der Waals surface area contributed by atoms with E-state index in [1.54, 1.807) is 4.90 Å². The predicted molar refractivity (Wildman–Crippen MR) is 158 cm³/mol. The number of hydrogen-bond donors (Lipinski definition) is 0. The van der Waals surface area contributed by atoms with Crippen LogP contribution in [0.5, 0.6) is 6.01 Å². The van der Waals surface area contributed by atoms with Crippen LogP contribution in [0.4, 0.5) is 11.5 Å². The van der Waals surface area contributed by atoms with Gasteiger partial charge < -0.3 is 24.3 Å². The van der Waals surface area contributed by atoms with E-state index in [2.05, 4.69) is 52.6 Å². The molecule has 40 heavy (non-hydrogen) atoms. The molecule has 6 rings (SSSR count). The van der Waals surface area contributed by atoms with E-state index in [-0.39, 0.29) is 18.4 Å². The summed E-state index contributed by atoms with van der Waals surface area (Å²) < 4.78 is 6.28. The third kappa shape index (κ3) is 5.25. The van der Waals surface area contributed by atoms with E-state index in [1.807, 2.05) is 11.8 Å². The number of fused-ring (bicyclic) bond motifs is 2. The molecule has 2 aromatic rings. The van der Waals surface area contributed by atoms with Gasteiger partial charge in [-0.05, 0) is 56.1 Å². The molecule has 0 bridgehead atoms. The Hall–Kier alpha value is -3.29. The average molecular weight is 560 g/mol. The smallest absolute Gasteiger partial charge is 0.318 e. The Labute approximate surface area is 240 Å². The molecule has 1 aromatic heterocycles. The van der Waals surface area contributed by atoms with Gasteiger partial charge in [-0.1, -0.05) is 18.7 Å². The number of nitrogens with zero attached hydrogens (tertiary/aromatic N) is 7. The summed E-state index contributed by atoms with van der Waals surface area (Å²) in [7, 11) is 2.15. The monoisotopic (exact) mass is 559 g/mol. The number of nitriles is 1. The summed E-state index contributed by atoms with van der Waals surface area (Å²) in [6, 6.07) is 9.51. The molecule has 1 aromatic carbocycles. The Morgan fingerprint density at radius 3 is 2.88 bits per heavy atom. The third-order valence-electron chi connectivity index (χ3n) is 8.76. The fourth-order valence-electron chi connectivity index (χ4n) is 6.50. The van der Waals surface area contributed by atoms with Crippen LogP contribution in [0.15, 0.2) is 30.9 Å². The zero-order valence-electron chi connectivity index (χ0n) is 23.2. The lowest BCUT2D eigenvalue weighted by Gasteiger charge is -2.42. The molecular formula is C30H37N7O2S. The van der Waals surface area contributed by atoms with Gasteiger partial charge in [-0.2, -0.15) is 27.0 Å². The molecule has 0 saturated carbocycles. The highest BCUT2D eigenvalue weighted by Gasteiger charge is 2.34. The number of likely N-dealkylation sites (N-methyl/N-ethyl adjacent to an activating group) is 1. The molecule has 9 nitrogen and oxygen atoms in total. The van der Waals surface area contributed by atoms with Crippen molar-refractivity contribution in [2.75, 3.05) is 56.2 Å². The Kier molecular flexibility index (Phi) is 7.85. The van der Waals surface area contributed by atoms with Crippen molar-refractivity contribution >= 4 is 29.2 Å². The first-order valence-electron chi connectivity index (χ1n) is 14.3. The summed E-state index contributed by atoms with van der Waals surface area (Å²) in [5, 5.41) is 9.49. The number of piperazine rings is 1. The van der Waals surface area contributed by atoms with Gasteiger partial charge in [0.2, 0.25) is 5.91 Å². The number of rotatable bonds is 7. The van der Waals surface area contributed by atoms with Crippen molar-refractivity contribution in [3.8, 4) is 12.1 Å². The van der Waals surface area contributed by atoms with Crippen LogP contribution < -0.4 is 14.5 Å². The van der Waals surface area contributed by atoms with E-state index < -0.39 is 0 Å². The molecule has 1 amide bonds. The van der Waals surface area contributed by atoms with Crippen molar-refractivity contribution in [3.63, 3.8) is 0 Å². The number of ether oxygens (including phenoxy) is 1. The number of carbonyl (C=O) groups is 1. The van der Waals surface area contributed by atoms with E-state index in [0.717, 1.165) is 54.5 Å². The lowest BCUT2D eigenvalue weighted by molar-refractivity contribution is -0.128. The van der Waals surface area contributed by atoms with Crippen molar-refractivity contribution in [2.45, 2.75) is 55.8 Å². The topological polar surface area (TPSA) is 88.8 Å². The van der Waals surface area contributed by atoms with Gasteiger partial charge in [0.25, 0.3) is 0 Å². The zero-order valence-corrected chi connectivity index (χ0v) is 24.0. The second-order valence-corrected chi connectivity index (χ2v) is 12.1. The van der Waals surface area contributed by atoms with Gasteiger partial charge in [0, 0.05) is 55.0 Å². The minimum absolute atomic E-state index is 0.126. The van der Waals surface area contributed by atoms with Crippen LogP contribution in [0.3, 0.4) is 0 Å². The molecular weight excluding hydrogens is 522 g/mol. The van der Waals surface area contributed by atoms with Gasteiger partial charge in [-0.25, -0.2) is 0 Å². The first kappa shape index (κ1) is 26.9. The van der Waals surface area contributed by atoms with Crippen molar-refractivity contribution < 1.29 is 9.53 Å². The maximum absolute atomic E-state index is 12.5. The molecule has 210 valence electrons. The molecule has 0 unspecified atom stereocenters. The second kappa shape index (κ2) is 11.7. The van der Waals surface area contributed by atoms with Crippen molar-refractivity contribution in [1.29, 1.82) is 5.26 Å². The third-order valence-corrected chi connectivity index (χ3v) is 9.77. The Morgan fingerprint density at radius 1 is 1.18 bits per heavy atom. The summed E-state index contributed by atoms with van der Waals surface area (Å²) >= 11 is 1.98. The number of hydrogen-bond acceptors (Lipinski definition) is 9. The minimum atomic E-state index is -0.212. The number of benzene rings is 1. The van der Waals surface area contributed by atoms with E-state index in [4.69, 9.17) is 14.7 Å². The predicted octanol–water partition coefficient (Wildman–Crippen LogP) is 3.38. The zero-order chi connectivity index (χ0) is 27.6. The number of carbonyl (C=O) groups excluding carboxylic acids is 1. The number of amides is 1. The molecule has 10 heteroatoms. The highest BCUT2D eigenvalue weighted by Crippen LogP contribution is 2.39. The Balaban J connectivity index is 1.31. The second-order valence-electron chi connectivity index (χ2n) is 11.1. The lowest BCUT2D eigenvalue weighted by atomic mass is 10.0. The maximum atomic E-state index is 12.5. The van der Waals surface area contributed by atoms with Gasteiger partial charge in [0.15, 0.2) is 0 Å². The number of aromatic nitrogens is 2. The first-order chi connectivity index (χ1) is 19.6. The average Bonchev–Trinajstić information content (AvgIpc) is 3.63. The van der Waals surface area contributed by atoms with Crippen molar-refractivity contribution in [1.82, 2.24) is 19.8 Å². The fourth-order valence-corrected chi connectivity index (χ4v) is 7.63. The number of likely N-dealkylation sites (tertiary alicyclic amines) is 1. The molecule has 4 aliphatic rings. The van der Waals surface area contributed by atoms with Crippen molar-refractivity contribution in [2.24, 2.45) is 0 Å². The molecule has 0 aliphatic carbocycles. The van der Waals surface area contributed by atoms with Crippen LogP contribution in [0, 0.1) is 11.3 Å². The van der Waals surface area contributed by atoms with Gasteiger partial charge >= 0.3 is 6.01 Å².